The van der Waals surface area contributed by atoms with Crippen LogP contribution in [0.15, 0.2) is 97.1 Å². The molecule has 0 fully saturated rings. The van der Waals surface area contributed by atoms with E-state index in [0.717, 1.165) is 22.4 Å². The van der Waals surface area contributed by atoms with Crippen molar-refractivity contribution in [2.75, 3.05) is 24.3 Å². The SMILES string of the molecule is CN(C)c1ccc(OCc2ccccc2)c(C(=O)Nc2cc(-c3ccccc3)ccc2C(=O)OC(C)(C)C)c1. The zero-order valence-corrected chi connectivity index (χ0v) is 23.0. The van der Waals surface area contributed by atoms with Crippen LogP contribution in [0.5, 0.6) is 5.75 Å². The van der Waals surface area contributed by atoms with Gasteiger partial charge in [-0.05, 0) is 67.8 Å². The quantitative estimate of drug-likeness (QED) is 0.248. The second-order valence-corrected chi connectivity index (χ2v) is 10.4. The van der Waals surface area contributed by atoms with E-state index in [1.165, 1.54) is 0 Å². The number of carbonyl (C=O) groups excluding carboxylic acids is 2. The van der Waals surface area contributed by atoms with Crippen LogP contribution in [-0.2, 0) is 11.3 Å². The van der Waals surface area contributed by atoms with Gasteiger partial charge in [-0.25, -0.2) is 4.79 Å². The van der Waals surface area contributed by atoms with Crippen LogP contribution < -0.4 is 15.0 Å². The van der Waals surface area contributed by atoms with Crippen LogP contribution in [0.2, 0.25) is 0 Å². The number of nitrogens with zero attached hydrogens (tertiary/aromatic N) is 1. The molecule has 0 unspecified atom stereocenters. The maximum Gasteiger partial charge on any atom is 0.340 e. The fourth-order valence-electron chi connectivity index (χ4n) is 3.99. The minimum absolute atomic E-state index is 0.272. The summed E-state index contributed by atoms with van der Waals surface area (Å²) >= 11 is 0. The molecule has 0 aliphatic heterocycles. The lowest BCUT2D eigenvalue weighted by molar-refractivity contribution is 0.00708. The molecule has 1 amide bonds. The zero-order valence-electron chi connectivity index (χ0n) is 23.0. The van der Waals surface area contributed by atoms with Crippen molar-refractivity contribution in [3.05, 3.63) is 114 Å². The Hall–Kier alpha value is -4.58. The highest BCUT2D eigenvalue weighted by atomic mass is 16.6. The van der Waals surface area contributed by atoms with Crippen molar-refractivity contribution >= 4 is 23.3 Å². The van der Waals surface area contributed by atoms with Crippen LogP contribution >= 0.6 is 0 Å². The minimum Gasteiger partial charge on any atom is -0.488 e. The van der Waals surface area contributed by atoms with Gasteiger partial charge in [0.05, 0.1) is 16.8 Å². The average molecular weight is 523 g/mol. The van der Waals surface area contributed by atoms with Gasteiger partial charge in [0.2, 0.25) is 0 Å². The summed E-state index contributed by atoms with van der Waals surface area (Å²) in [7, 11) is 3.82. The number of esters is 1. The van der Waals surface area contributed by atoms with E-state index < -0.39 is 17.5 Å². The van der Waals surface area contributed by atoms with Crippen molar-refractivity contribution in [2.24, 2.45) is 0 Å². The number of amides is 1. The van der Waals surface area contributed by atoms with Crippen LogP contribution in [0.4, 0.5) is 11.4 Å². The van der Waals surface area contributed by atoms with E-state index in [2.05, 4.69) is 5.32 Å². The Morgan fingerprint density at radius 1 is 0.769 bits per heavy atom. The third kappa shape index (κ3) is 7.26. The van der Waals surface area contributed by atoms with Crippen molar-refractivity contribution in [1.82, 2.24) is 0 Å². The summed E-state index contributed by atoms with van der Waals surface area (Å²) in [5.41, 5.74) is 3.97. The van der Waals surface area contributed by atoms with Crippen molar-refractivity contribution in [3.63, 3.8) is 0 Å². The monoisotopic (exact) mass is 522 g/mol. The molecular formula is C33H34N2O4. The second-order valence-electron chi connectivity index (χ2n) is 10.4. The summed E-state index contributed by atoms with van der Waals surface area (Å²) in [6, 6.07) is 30.4. The molecule has 0 spiro atoms. The van der Waals surface area contributed by atoms with E-state index in [9.17, 15) is 9.59 Å². The number of hydrogen-bond donors (Lipinski definition) is 1. The highest BCUT2D eigenvalue weighted by Crippen LogP contribution is 2.30. The van der Waals surface area contributed by atoms with Gasteiger partial charge < -0.3 is 19.7 Å². The highest BCUT2D eigenvalue weighted by Gasteiger charge is 2.23. The summed E-state index contributed by atoms with van der Waals surface area (Å²) in [5, 5.41) is 2.97. The first-order chi connectivity index (χ1) is 18.6. The summed E-state index contributed by atoms with van der Waals surface area (Å²) < 4.78 is 11.7. The Balaban J connectivity index is 1.71. The highest BCUT2D eigenvalue weighted by molar-refractivity contribution is 6.10. The van der Waals surface area contributed by atoms with Crippen LogP contribution in [0, 0.1) is 0 Å². The Morgan fingerprint density at radius 3 is 2.08 bits per heavy atom. The first-order valence-corrected chi connectivity index (χ1v) is 12.8. The van der Waals surface area contributed by atoms with Crippen molar-refractivity contribution in [1.29, 1.82) is 0 Å². The third-order valence-corrected chi connectivity index (χ3v) is 5.96. The van der Waals surface area contributed by atoms with Crippen LogP contribution in [0.25, 0.3) is 11.1 Å². The second kappa shape index (κ2) is 11.9. The molecule has 0 saturated heterocycles. The molecule has 4 rings (SSSR count). The molecule has 0 saturated carbocycles. The molecule has 4 aromatic rings. The molecule has 1 N–H and O–H groups in total. The lowest BCUT2D eigenvalue weighted by Crippen LogP contribution is -2.25. The predicted molar refractivity (Wildman–Crippen MR) is 157 cm³/mol. The number of benzene rings is 4. The molecule has 0 aliphatic rings. The predicted octanol–water partition coefficient (Wildman–Crippen LogP) is 7.21. The summed E-state index contributed by atoms with van der Waals surface area (Å²) in [5.74, 6) is -0.461. The molecule has 0 radical (unpaired) electrons. The van der Waals surface area contributed by atoms with Crippen molar-refractivity contribution < 1.29 is 19.1 Å². The van der Waals surface area contributed by atoms with E-state index in [-0.39, 0.29) is 5.56 Å². The van der Waals surface area contributed by atoms with Gasteiger partial charge in [0.25, 0.3) is 5.91 Å². The largest absolute Gasteiger partial charge is 0.488 e. The van der Waals surface area contributed by atoms with Crippen LogP contribution in [0.3, 0.4) is 0 Å². The number of rotatable bonds is 8. The van der Waals surface area contributed by atoms with E-state index in [0.29, 0.717) is 23.6 Å². The fraction of sp³-hybridized carbons (Fsp3) is 0.212. The Morgan fingerprint density at radius 2 is 1.44 bits per heavy atom. The molecule has 200 valence electrons. The molecule has 0 atom stereocenters. The lowest BCUT2D eigenvalue weighted by Gasteiger charge is -2.21. The topological polar surface area (TPSA) is 67.9 Å². The standard InChI is InChI=1S/C33H34N2O4/c1-33(2,3)39-32(37)27-18-16-25(24-14-10-7-11-15-24)20-29(27)34-31(36)28-21-26(35(4)5)17-19-30(28)38-22-23-12-8-6-9-13-23/h6-21H,22H2,1-5H3,(H,34,36). The molecular weight excluding hydrogens is 488 g/mol. The number of carbonyl (C=O) groups is 2. The maximum atomic E-state index is 13.8. The van der Waals surface area contributed by atoms with Crippen LogP contribution in [-0.4, -0.2) is 31.6 Å². The van der Waals surface area contributed by atoms with Gasteiger partial charge in [0.1, 0.15) is 18.0 Å². The van der Waals surface area contributed by atoms with Crippen molar-refractivity contribution in [3.8, 4) is 16.9 Å². The summed E-state index contributed by atoms with van der Waals surface area (Å²) in [6.45, 7) is 5.74. The Bertz CT molecular complexity index is 1440. The summed E-state index contributed by atoms with van der Waals surface area (Å²) in [6.07, 6.45) is 0. The van der Waals surface area contributed by atoms with Crippen LogP contribution in [0.1, 0.15) is 47.1 Å². The Labute approximate surface area is 230 Å². The van der Waals surface area contributed by atoms with E-state index >= 15 is 0 Å². The molecule has 39 heavy (non-hydrogen) atoms. The number of nitrogens with one attached hydrogen (secondary N) is 1. The summed E-state index contributed by atoms with van der Waals surface area (Å²) in [4.78, 5) is 28.8. The number of hydrogen-bond acceptors (Lipinski definition) is 5. The minimum atomic E-state index is -0.686. The third-order valence-electron chi connectivity index (χ3n) is 5.96. The average Bonchev–Trinajstić information content (AvgIpc) is 2.91. The smallest absolute Gasteiger partial charge is 0.340 e. The normalized spacial score (nSPS) is 11.0. The maximum absolute atomic E-state index is 13.8. The first-order valence-electron chi connectivity index (χ1n) is 12.8. The number of ether oxygens (including phenoxy) is 2. The lowest BCUT2D eigenvalue weighted by atomic mass is 10.0. The van der Waals surface area contributed by atoms with Gasteiger partial charge in [-0.15, -0.1) is 0 Å². The van der Waals surface area contributed by atoms with E-state index in [4.69, 9.17) is 9.47 Å². The van der Waals surface area contributed by atoms with Gasteiger partial charge in [0, 0.05) is 19.8 Å². The van der Waals surface area contributed by atoms with Gasteiger partial charge in [-0.3, -0.25) is 4.79 Å². The van der Waals surface area contributed by atoms with Gasteiger partial charge in [-0.1, -0.05) is 66.7 Å². The van der Waals surface area contributed by atoms with Gasteiger partial charge in [0.15, 0.2) is 0 Å². The number of anilines is 2. The molecule has 6 nitrogen and oxygen atoms in total. The van der Waals surface area contributed by atoms with E-state index in [1.807, 2.05) is 113 Å². The molecule has 0 aliphatic carbocycles. The molecule has 6 heteroatoms. The molecule has 0 aromatic heterocycles. The van der Waals surface area contributed by atoms with E-state index in [1.54, 1.807) is 24.3 Å². The first kappa shape index (κ1) is 27.5. The zero-order chi connectivity index (χ0) is 28.0. The Kier molecular flexibility index (Phi) is 8.35. The molecule has 0 bridgehead atoms. The molecule has 4 aromatic carbocycles. The van der Waals surface area contributed by atoms with Crippen molar-refractivity contribution in [2.45, 2.75) is 33.0 Å². The fourth-order valence-corrected chi connectivity index (χ4v) is 3.99. The molecule has 0 heterocycles. The van der Waals surface area contributed by atoms with Gasteiger partial charge >= 0.3 is 5.97 Å². The van der Waals surface area contributed by atoms with Gasteiger partial charge in [-0.2, -0.15) is 0 Å².